The molecule has 3 aliphatic heterocycles. The highest BCUT2D eigenvalue weighted by molar-refractivity contribution is 6.01. The van der Waals surface area contributed by atoms with Gasteiger partial charge in [0.1, 0.15) is 90.0 Å². The van der Waals surface area contributed by atoms with Gasteiger partial charge in [-0.15, -0.1) is 0 Å². The smallest absolute Gasteiger partial charge is 0.326 e. The molecular weight excluding hydrogens is 1510 g/mol. The van der Waals surface area contributed by atoms with Crippen LogP contribution in [0.4, 0.5) is 0 Å². The number of aliphatic carboxylic acids is 2. The third-order valence-electron chi connectivity index (χ3n) is 20.2. The van der Waals surface area contributed by atoms with Gasteiger partial charge in [-0.2, -0.15) is 0 Å². The molecule has 39 nitrogen and oxygen atoms in total. The number of carbonyl (C=O) groups is 15. The standard InChI is InChI=1S/C77H120N20O19/c1-8-43(6)62(72(112)94-57(75(115)116)38-42(4)5)95-69(109)56(40-46-22-26-48(99)27-23-46)93-71(111)59-19-14-36-97(59)74(114)53(17-12-34-84-77(81)82)90-65(105)49(16-11-33-83-76(79)80)88-70(110)58-18-13-35-96(58)73(113)52(15-9-10-32-78)89-63(103)44(7)85-64(104)51(29-31-61(101)102)87-68(108)55(39-45-20-24-47(98)25-21-45)92-67(107)54(37-41(2)3)91-66(106)50-28-30-60(100)86-50/h20-27,41-44,49-59,62,98-99H,8-19,28-40,78H2,1-7H3,(H,85,104)(H,86,100)(H,87,108)(H,88,110)(H,89,103)(H,90,105)(H,91,106)(H,92,107)(H,93,111)(H,94,112)(H,95,109)(H,101,102)(H,115,116)(H4,79,80,83)(H4,81,82,84)/t43-,44-,49-,50-,51-,52-,53-,54-,55-,56-,57-,58-,59-,62-/m0/s1. The maximum absolute atomic E-state index is 15.1. The average Bonchev–Trinajstić information content (AvgIpc) is 1.64. The van der Waals surface area contributed by atoms with Gasteiger partial charge in [-0.3, -0.25) is 77.1 Å². The Morgan fingerprint density at radius 2 is 0.897 bits per heavy atom. The number of likely N-dealkylation sites (tertiary alicyclic amines) is 2. The van der Waals surface area contributed by atoms with Crippen molar-refractivity contribution in [2.75, 3.05) is 32.7 Å². The van der Waals surface area contributed by atoms with Crippen molar-refractivity contribution in [1.82, 2.24) is 68.3 Å². The quantitative estimate of drug-likeness (QED) is 0.0183. The fourth-order valence-electron chi connectivity index (χ4n) is 13.7. The molecule has 0 unspecified atom stereocenters. The Hall–Kier alpha value is -11.4. The predicted molar refractivity (Wildman–Crippen MR) is 425 cm³/mol. The van der Waals surface area contributed by atoms with Crippen molar-refractivity contribution in [2.45, 2.75) is 255 Å². The molecule has 14 atom stereocenters. The van der Waals surface area contributed by atoms with Gasteiger partial charge >= 0.3 is 11.9 Å². The summed E-state index contributed by atoms with van der Waals surface area (Å²) >= 11 is 0. The summed E-state index contributed by atoms with van der Waals surface area (Å²) in [6.45, 7) is 12.0. The van der Waals surface area contributed by atoms with Crippen LogP contribution in [0.2, 0.25) is 0 Å². The largest absolute Gasteiger partial charge is 0.508 e. The van der Waals surface area contributed by atoms with Gasteiger partial charge in [0.2, 0.25) is 76.8 Å². The summed E-state index contributed by atoms with van der Waals surface area (Å²) in [5, 5.41) is 69.0. The molecule has 3 heterocycles. The Bertz CT molecular complexity index is 3780. The Morgan fingerprint density at radius 1 is 0.483 bits per heavy atom. The number of phenolic OH excluding ortho intramolecular Hbond substituents is 2. The lowest BCUT2D eigenvalue weighted by molar-refractivity contribution is -0.144. The Kier molecular flexibility index (Phi) is 38.9. The molecule has 0 spiro atoms. The van der Waals surface area contributed by atoms with E-state index in [0.717, 1.165) is 0 Å². The second-order valence-corrected chi connectivity index (χ2v) is 30.6. The van der Waals surface area contributed by atoms with E-state index in [1.165, 1.54) is 65.3 Å². The van der Waals surface area contributed by atoms with Gasteiger partial charge in [0.15, 0.2) is 11.9 Å². The number of aliphatic imine (C=N–C) groups is 2. The molecule has 3 fully saturated rings. The normalized spacial score (nSPS) is 17.9. The third kappa shape index (κ3) is 31.4. The molecule has 3 aliphatic rings. The number of unbranched alkanes of at least 4 members (excludes halogenated alkanes) is 1. The van der Waals surface area contributed by atoms with Crippen LogP contribution in [0, 0.1) is 17.8 Å². The van der Waals surface area contributed by atoms with Gasteiger partial charge in [-0.25, -0.2) is 4.79 Å². The first-order chi connectivity index (χ1) is 54.9. The van der Waals surface area contributed by atoms with Crippen LogP contribution >= 0.6 is 0 Å². The molecular formula is C77H120N20O19. The van der Waals surface area contributed by atoms with Crippen molar-refractivity contribution in [3.8, 4) is 11.5 Å². The van der Waals surface area contributed by atoms with Crippen LogP contribution < -0.4 is 87.2 Å². The van der Waals surface area contributed by atoms with Crippen LogP contribution in [-0.2, 0) is 84.8 Å². The molecule has 13 amide bonds. The van der Waals surface area contributed by atoms with Crippen molar-refractivity contribution >= 4 is 101 Å². The van der Waals surface area contributed by atoms with Crippen LogP contribution in [0.3, 0.4) is 0 Å². The molecule has 25 N–H and O–H groups in total. The minimum Gasteiger partial charge on any atom is -0.508 e. The van der Waals surface area contributed by atoms with Gasteiger partial charge in [-0.1, -0.05) is 72.2 Å². The van der Waals surface area contributed by atoms with Crippen LogP contribution in [0.15, 0.2) is 58.5 Å². The van der Waals surface area contributed by atoms with E-state index >= 15 is 4.79 Å². The second-order valence-electron chi connectivity index (χ2n) is 30.6. The molecule has 2 aromatic carbocycles. The van der Waals surface area contributed by atoms with E-state index in [1.807, 2.05) is 0 Å². The number of carboxylic acids is 2. The molecule has 3 saturated heterocycles. The number of nitrogens with zero attached hydrogens (tertiary/aromatic N) is 4. The topological polar surface area (TPSA) is 631 Å². The number of amides is 13. The van der Waals surface area contributed by atoms with Crippen molar-refractivity contribution in [2.24, 2.45) is 56.4 Å². The summed E-state index contributed by atoms with van der Waals surface area (Å²) in [5.41, 5.74) is 29.3. The lowest BCUT2D eigenvalue weighted by Crippen LogP contribution is -2.61. The lowest BCUT2D eigenvalue weighted by atomic mass is 9.96. The van der Waals surface area contributed by atoms with Crippen molar-refractivity contribution in [1.29, 1.82) is 0 Å². The zero-order valence-electron chi connectivity index (χ0n) is 67.1. The summed E-state index contributed by atoms with van der Waals surface area (Å²) in [7, 11) is 0. The maximum atomic E-state index is 15.1. The number of hydrogen-bond donors (Lipinski definition) is 20. The number of carboxylic acid groups (broad SMARTS) is 2. The first-order valence-corrected chi connectivity index (χ1v) is 39.7. The number of phenols is 2. The highest BCUT2D eigenvalue weighted by Gasteiger charge is 2.44. The molecule has 0 bridgehead atoms. The zero-order valence-corrected chi connectivity index (χ0v) is 67.1. The van der Waals surface area contributed by atoms with Crippen LogP contribution in [-0.4, -0.2) is 242 Å². The molecule has 0 aromatic heterocycles. The second kappa shape index (κ2) is 47.4. The Morgan fingerprint density at radius 3 is 1.37 bits per heavy atom. The highest BCUT2D eigenvalue weighted by Crippen LogP contribution is 2.25. The minimum atomic E-state index is -1.67. The van der Waals surface area contributed by atoms with E-state index in [0.29, 0.717) is 24.0 Å². The highest BCUT2D eigenvalue weighted by atomic mass is 16.4. The molecule has 39 heteroatoms. The van der Waals surface area contributed by atoms with Crippen LogP contribution in [0.25, 0.3) is 0 Å². The van der Waals surface area contributed by atoms with Crippen molar-refractivity contribution in [3.05, 3.63) is 59.7 Å². The molecule has 2 aromatic rings. The number of nitrogens with one attached hydrogen (secondary N) is 11. The lowest BCUT2D eigenvalue weighted by Gasteiger charge is -2.32. The SMILES string of the molecule is CC[C@H](C)[C@H](NC(=O)[C@H](Cc1ccc(O)cc1)NC(=O)[C@@H]1CCCN1C(=O)[C@H](CCCN=C(N)N)NC(=O)[C@H](CCCN=C(N)N)NC(=O)[C@@H]1CCCN1C(=O)[C@H](CCCCN)NC(=O)[C@H](C)NC(=O)[C@H](CCC(=O)O)NC(=O)[C@H](Cc1ccc(O)cc1)NC(=O)[C@H](CC(C)C)NC(=O)[C@@H]1CCC(=O)N1)C(=O)N[C@@H](CC(C)C)C(=O)O. The van der Waals surface area contributed by atoms with Crippen molar-refractivity contribution in [3.63, 3.8) is 0 Å². The van der Waals surface area contributed by atoms with E-state index in [-0.39, 0.29) is 177 Å². The number of carbonyl (C=O) groups excluding carboxylic acids is 13. The Balaban J connectivity index is 1.37. The van der Waals surface area contributed by atoms with E-state index < -0.39 is 180 Å². The number of benzene rings is 2. The summed E-state index contributed by atoms with van der Waals surface area (Å²) in [6, 6.07) is -6.10. The van der Waals surface area contributed by atoms with Gasteiger partial charge in [0, 0.05) is 51.9 Å². The number of rotatable bonds is 48. The fourth-order valence-corrected chi connectivity index (χ4v) is 13.7. The summed E-state index contributed by atoms with van der Waals surface area (Å²) in [5.74, 6) is -14.5. The minimum absolute atomic E-state index is 0.00506. The first kappa shape index (κ1) is 95.2. The van der Waals surface area contributed by atoms with Gasteiger partial charge in [0.05, 0.1) is 0 Å². The van der Waals surface area contributed by atoms with E-state index in [1.54, 1.807) is 41.5 Å². The van der Waals surface area contributed by atoms with Crippen LogP contribution in [0.1, 0.15) is 175 Å². The molecule has 0 aliphatic carbocycles. The third-order valence-corrected chi connectivity index (χ3v) is 20.2. The maximum Gasteiger partial charge on any atom is 0.326 e. The van der Waals surface area contributed by atoms with E-state index in [9.17, 15) is 87.5 Å². The fraction of sp³-hybridized carbons (Fsp3) is 0.623. The summed E-state index contributed by atoms with van der Waals surface area (Å²) in [4.78, 5) is 220. The van der Waals surface area contributed by atoms with Crippen LogP contribution in [0.5, 0.6) is 11.5 Å². The Labute approximate surface area is 674 Å². The molecule has 642 valence electrons. The predicted octanol–water partition coefficient (Wildman–Crippen LogP) is -2.66. The molecule has 5 rings (SSSR count). The zero-order chi connectivity index (χ0) is 86.0. The molecule has 0 radical (unpaired) electrons. The number of aromatic hydroxyl groups is 2. The van der Waals surface area contributed by atoms with Gasteiger partial charge in [-0.05, 0) is 163 Å². The monoisotopic (exact) mass is 1630 g/mol. The molecule has 116 heavy (non-hydrogen) atoms. The number of guanidine groups is 2. The average molecular weight is 1630 g/mol. The van der Waals surface area contributed by atoms with E-state index in [2.05, 4.69) is 68.5 Å². The number of nitrogens with two attached hydrogens (primary N) is 5. The van der Waals surface area contributed by atoms with E-state index in [4.69, 9.17) is 28.7 Å². The van der Waals surface area contributed by atoms with Crippen molar-refractivity contribution < 1.29 is 92.3 Å². The number of hydrogen-bond acceptors (Lipinski definition) is 20. The van der Waals surface area contributed by atoms with Gasteiger partial charge in [0.25, 0.3) is 0 Å². The molecule has 0 saturated carbocycles. The summed E-state index contributed by atoms with van der Waals surface area (Å²) in [6.07, 6.45) is 0.426. The summed E-state index contributed by atoms with van der Waals surface area (Å²) < 4.78 is 0. The van der Waals surface area contributed by atoms with Gasteiger partial charge < -0.3 is 117 Å². The first-order valence-electron chi connectivity index (χ1n) is 39.7.